The Morgan fingerprint density at radius 1 is 1.42 bits per heavy atom. The summed E-state index contributed by atoms with van der Waals surface area (Å²) in [7, 11) is 0. The minimum atomic E-state index is -0.312. The second kappa shape index (κ2) is 1.63. The van der Waals surface area contributed by atoms with E-state index in [9.17, 15) is 9.59 Å². The van der Waals surface area contributed by atoms with Crippen molar-refractivity contribution < 1.29 is 0 Å². The second-order valence-corrected chi connectivity index (χ2v) is 3.18. The van der Waals surface area contributed by atoms with Gasteiger partial charge in [0.25, 0.3) is 0 Å². The molecule has 12 heavy (non-hydrogen) atoms. The zero-order valence-electron chi connectivity index (χ0n) is 6.28. The van der Waals surface area contributed by atoms with Crippen molar-refractivity contribution in [1.29, 1.82) is 0 Å². The van der Waals surface area contributed by atoms with E-state index < -0.39 is 0 Å². The summed E-state index contributed by atoms with van der Waals surface area (Å²) in [5, 5.41) is 0. The van der Waals surface area contributed by atoms with Crippen LogP contribution in [0.1, 0.15) is 18.9 Å². The molecule has 62 valence electrons. The number of hydrogen-bond acceptors (Lipinski definition) is 2. The van der Waals surface area contributed by atoms with Crippen molar-refractivity contribution in [1.82, 2.24) is 14.3 Å². The van der Waals surface area contributed by atoms with Gasteiger partial charge in [0.2, 0.25) is 0 Å². The standard InChI is InChI=1S/C7H7N3O2/c11-6-8-7(12)10-5-2-1-4(3-5)9(6)10/h1,5H,2-3H2,(H,8,11,12). The lowest BCUT2D eigenvalue weighted by Gasteiger charge is -2.07. The van der Waals surface area contributed by atoms with Crippen molar-refractivity contribution in [2.75, 3.05) is 0 Å². The van der Waals surface area contributed by atoms with Crippen LogP contribution >= 0.6 is 0 Å². The van der Waals surface area contributed by atoms with E-state index in [0.717, 1.165) is 18.5 Å². The van der Waals surface area contributed by atoms with Gasteiger partial charge in [-0.25, -0.2) is 19.0 Å². The zero-order valence-corrected chi connectivity index (χ0v) is 6.28. The van der Waals surface area contributed by atoms with Gasteiger partial charge in [0, 0.05) is 12.1 Å². The molecule has 1 N–H and O–H groups in total. The summed E-state index contributed by atoms with van der Waals surface area (Å²) in [4.78, 5) is 24.6. The van der Waals surface area contributed by atoms with Gasteiger partial charge in [-0.2, -0.15) is 0 Å². The molecule has 1 aliphatic heterocycles. The molecule has 0 amide bonds. The highest BCUT2D eigenvalue weighted by molar-refractivity contribution is 5.50. The summed E-state index contributed by atoms with van der Waals surface area (Å²) >= 11 is 0. The van der Waals surface area contributed by atoms with Crippen LogP contribution in [0.3, 0.4) is 0 Å². The maximum atomic E-state index is 11.2. The highest BCUT2D eigenvalue weighted by Crippen LogP contribution is 2.35. The summed E-state index contributed by atoms with van der Waals surface area (Å²) in [5.74, 6) is 0. The van der Waals surface area contributed by atoms with Crippen LogP contribution in [0.25, 0.3) is 5.70 Å². The number of aromatic amines is 1. The highest BCUT2D eigenvalue weighted by atomic mass is 16.2. The van der Waals surface area contributed by atoms with Crippen molar-refractivity contribution in [3.8, 4) is 0 Å². The number of nitrogens with zero attached hydrogens (tertiary/aromatic N) is 2. The van der Waals surface area contributed by atoms with E-state index in [1.165, 1.54) is 9.36 Å². The Balaban J connectivity index is 2.52. The van der Waals surface area contributed by atoms with Crippen LogP contribution in [-0.2, 0) is 0 Å². The van der Waals surface area contributed by atoms with Crippen molar-refractivity contribution in [3.63, 3.8) is 0 Å². The van der Waals surface area contributed by atoms with Crippen molar-refractivity contribution >= 4 is 5.70 Å². The molecule has 0 fully saturated rings. The molecule has 2 bridgehead atoms. The van der Waals surface area contributed by atoms with Gasteiger partial charge in [-0.05, 0) is 6.42 Å². The summed E-state index contributed by atoms with van der Waals surface area (Å²) in [6.07, 6.45) is 3.73. The highest BCUT2D eigenvalue weighted by Gasteiger charge is 2.33. The monoisotopic (exact) mass is 165 g/mol. The summed E-state index contributed by atoms with van der Waals surface area (Å²) in [6, 6.07) is 0.187. The zero-order chi connectivity index (χ0) is 8.29. The lowest BCUT2D eigenvalue weighted by molar-refractivity contribution is 0.475. The smallest absolute Gasteiger partial charge is 0.256 e. The number of fused-ring (bicyclic) bond motifs is 5. The topological polar surface area (TPSA) is 59.8 Å². The Bertz CT molecular complexity index is 487. The van der Waals surface area contributed by atoms with Gasteiger partial charge in [0.15, 0.2) is 0 Å². The quantitative estimate of drug-likeness (QED) is 0.564. The Morgan fingerprint density at radius 2 is 2.25 bits per heavy atom. The summed E-state index contributed by atoms with van der Waals surface area (Å²) in [6.45, 7) is 0. The molecule has 2 aliphatic rings. The first-order valence-electron chi connectivity index (χ1n) is 3.90. The number of H-pyrrole nitrogens is 1. The Hall–Kier alpha value is -1.52. The fourth-order valence-electron chi connectivity index (χ4n) is 2.03. The Labute approximate surface area is 66.9 Å². The van der Waals surface area contributed by atoms with Crippen LogP contribution in [-0.4, -0.2) is 14.3 Å². The van der Waals surface area contributed by atoms with Crippen LogP contribution in [0.5, 0.6) is 0 Å². The third-order valence-electron chi connectivity index (χ3n) is 2.52. The van der Waals surface area contributed by atoms with Crippen LogP contribution in [0.4, 0.5) is 0 Å². The molecule has 1 unspecified atom stereocenters. The molecule has 1 atom stereocenters. The molecule has 0 saturated carbocycles. The van der Waals surface area contributed by atoms with E-state index in [0.29, 0.717) is 0 Å². The van der Waals surface area contributed by atoms with Gasteiger partial charge in [0.1, 0.15) is 0 Å². The first kappa shape index (κ1) is 6.05. The van der Waals surface area contributed by atoms with Crippen LogP contribution in [0.15, 0.2) is 15.7 Å². The first-order valence-corrected chi connectivity index (χ1v) is 3.90. The lowest BCUT2D eigenvalue weighted by Crippen LogP contribution is -2.24. The van der Waals surface area contributed by atoms with Gasteiger partial charge >= 0.3 is 11.4 Å². The minimum absolute atomic E-state index is 0.187. The predicted molar refractivity (Wildman–Crippen MR) is 41.9 cm³/mol. The normalized spacial score (nSPS) is 24.3. The van der Waals surface area contributed by atoms with E-state index >= 15 is 0 Å². The first-order chi connectivity index (χ1) is 5.77. The van der Waals surface area contributed by atoms with E-state index in [1.807, 2.05) is 6.08 Å². The molecule has 0 aromatic carbocycles. The van der Waals surface area contributed by atoms with Crippen molar-refractivity contribution in [2.24, 2.45) is 0 Å². The molecule has 5 heteroatoms. The van der Waals surface area contributed by atoms with Crippen LogP contribution in [0.2, 0.25) is 0 Å². The molecule has 0 saturated heterocycles. The fraction of sp³-hybridized carbons (Fsp3) is 0.429. The molecular formula is C7H7N3O2. The Kier molecular flexibility index (Phi) is 0.819. The fourth-order valence-corrected chi connectivity index (χ4v) is 2.03. The summed E-state index contributed by atoms with van der Waals surface area (Å²) < 4.78 is 2.95. The maximum absolute atomic E-state index is 11.2. The molecule has 3 rings (SSSR count). The Morgan fingerprint density at radius 3 is 3.00 bits per heavy atom. The van der Waals surface area contributed by atoms with Crippen LogP contribution in [0, 0.1) is 0 Å². The average molecular weight is 165 g/mol. The molecule has 0 radical (unpaired) electrons. The molecule has 2 heterocycles. The van der Waals surface area contributed by atoms with Crippen molar-refractivity contribution in [2.45, 2.75) is 18.9 Å². The van der Waals surface area contributed by atoms with Crippen LogP contribution < -0.4 is 11.4 Å². The van der Waals surface area contributed by atoms with Gasteiger partial charge in [0.05, 0.1) is 6.04 Å². The summed E-state index contributed by atoms with van der Waals surface area (Å²) in [5.41, 5.74) is 0.366. The molecular weight excluding hydrogens is 158 g/mol. The largest absolute Gasteiger partial charge is 0.348 e. The minimum Gasteiger partial charge on any atom is -0.256 e. The van der Waals surface area contributed by atoms with Gasteiger partial charge in [-0.1, -0.05) is 6.08 Å². The van der Waals surface area contributed by atoms with E-state index in [2.05, 4.69) is 4.98 Å². The number of hydrogen-bond donors (Lipinski definition) is 1. The lowest BCUT2D eigenvalue weighted by atomic mass is 10.2. The maximum Gasteiger partial charge on any atom is 0.348 e. The third kappa shape index (κ3) is 0.479. The average Bonchev–Trinajstić information content (AvgIpc) is 2.64. The van der Waals surface area contributed by atoms with Crippen molar-refractivity contribution in [3.05, 3.63) is 27.0 Å². The van der Waals surface area contributed by atoms with Gasteiger partial charge in [-0.3, -0.25) is 4.98 Å². The SMILES string of the molecule is O=c1[nH]c(=O)n2n1C1=CCC2C1. The second-order valence-electron chi connectivity index (χ2n) is 3.18. The number of rotatable bonds is 0. The third-order valence-corrected chi connectivity index (χ3v) is 2.52. The molecule has 1 aromatic heterocycles. The molecule has 1 aliphatic carbocycles. The van der Waals surface area contributed by atoms with E-state index in [4.69, 9.17) is 0 Å². The predicted octanol–water partition coefficient (Wildman–Crippen LogP) is -0.473. The molecule has 1 aromatic rings. The molecule has 0 spiro atoms. The molecule has 5 nitrogen and oxygen atoms in total. The van der Waals surface area contributed by atoms with E-state index in [-0.39, 0.29) is 17.4 Å². The van der Waals surface area contributed by atoms with E-state index in [1.54, 1.807) is 0 Å². The van der Waals surface area contributed by atoms with Gasteiger partial charge in [-0.15, -0.1) is 0 Å². The van der Waals surface area contributed by atoms with Gasteiger partial charge < -0.3 is 0 Å². The number of nitrogens with one attached hydrogen (secondary N) is 1. The number of allylic oxidation sites excluding steroid dienone is 2. The number of aromatic nitrogens is 3.